The fraction of sp³-hybridized carbons (Fsp3) is 0. The summed E-state index contributed by atoms with van der Waals surface area (Å²) in [6, 6.07) is 24.0. The van der Waals surface area contributed by atoms with Gasteiger partial charge in [0, 0.05) is 21.0 Å². The van der Waals surface area contributed by atoms with Gasteiger partial charge < -0.3 is 0 Å². The van der Waals surface area contributed by atoms with E-state index in [0.29, 0.717) is 0 Å². The molecule has 100 valence electrons. The van der Waals surface area contributed by atoms with Crippen molar-refractivity contribution in [1.82, 2.24) is 0 Å². The molecule has 0 atom stereocenters. The quantitative estimate of drug-likeness (QED) is 0.446. The normalized spacial score (nSPS) is 11.0. The Kier molecular flexibility index (Phi) is 2.83. The van der Waals surface area contributed by atoms with Gasteiger partial charge in [0.15, 0.2) is 5.43 Å². The third kappa shape index (κ3) is 2.05. The highest BCUT2D eigenvalue weighted by Crippen LogP contribution is 2.32. The van der Waals surface area contributed by atoms with E-state index in [1.165, 1.54) is 5.39 Å². The summed E-state index contributed by atoms with van der Waals surface area (Å²) in [5.74, 6) is 0. The van der Waals surface area contributed by atoms with Crippen LogP contribution in [0.5, 0.6) is 0 Å². The molecule has 0 aliphatic rings. The van der Waals surface area contributed by atoms with Gasteiger partial charge in [0.25, 0.3) is 0 Å². The minimum atomic E-state index is 0.0911. The number of hydrogen-bond acceptors (Lipinski definition) is 2. The molecule has 1 aromatic heterocycles. The van der Waals surface area contributed by atoms with Gasteiger partial charge in [0.2, 0.25) is 0 Å². The molecule has 3 aromatic carbocycles. The Bertz CT molecular complexity index is 1000. The Hall–Kier alpha value is -2.45. The molecule has 0 saturated carbocycles. The molecule has 0 unspecified atom stereocenters. The average Bonchev–Trinajstić information content (AvgIpc) is 2.55. The van der Waals surface area contributed by atoms with E-state index < -0.39 is 0 Å². The Labute approximate surface area is 126 Å². The second-order valence-corrected chi connectivity index (χ2v) is 6.06. The molecule has 0 fully saturated rings. The van der Waals surface area contributed by atoms with Crippen molar-refractivity contribution in [3.63, 3.8) is 0 Å². The molecule has 1 heterocycles. The van der Waals surface area contributed by atoms with Crippen molar-refractivity contribution in [1.29, 1.82) is 0 Å². The second kappa shape index (κ2) is 4.83. The van der Waals surface area contributed by atoms with Crippen molar-refractivity contribution in [2.24, 2.45) is 0 Å². The number of fused-ring (bicyclic) bond motifs is 3. The van der Waals surface area contributed by atoms with E-state index in [1.807, 2.05) is 54.6 Å². The molecule has 4 aromatic rings. The molecular formula is C19H12OS. The molecule has 21 heavy (non-hydrogen) atoms. The molecular weight excluding hydrogens is 276 g/mol. The van der Waals surface area contributed by atoms with Crippen LogP contribution in [-0.4, -0.2) is 0 Å². The van der Waals surface area contributed by atoms with Crippen LogP contribution < -0.4 is 5.43 Å². The predicted molar refractivity (Wildman–Crippen MR) is 91.0 cm³/mol. The van der Waals surface area contributed by atoms with Gasteiger partial charge in [-0.1, -0.05) is 60.7 Å². The summed E-state index contributed by atoms with van der Waals surface area (Å²) in [5.41, 5.74) is 1.18. The van der Waals surface area contributed by atoms with Crippen LogP contribution in [0.4, 0.5) is 0 Å². The molecule has 1 nitrogen and oxygen atoms in total. The van der Waals surface area contributed by atoms with Crippen LogP contribution in [0.3, 0.4) is 0 Å². The summed E-state index contributed by atoms with van der Waals surface area (Å²) in [7, 11) is 0. The van der Waals surface area contributed by atoms with Crippen molar-refractivity contribution in [2.75, 3.05) is 0 Å². The molecule has 0 radical (unpaired) electrons. The SMILES string of the molecule is O=c1cc(-c2ccccc2)sc2c1ccc1ccccc12. The van der Waals surface area contributed by atoms with E-state index in [2.05, 4.69) is 12.1 Å². The summed E-state index contributed by atoms with van der Waals surface area (Å²) in [6.45, 7) is 0. The zero-order valence-corrected chi connectivity index (χ0v) is 12.1. The standard InChI is InChI=1S/C19H12OS/c20-17-12-18(14-7-2-1-3-8-14)21-19-15-9-5-4-6-13(15)10-11-16(17)19/h1-12H. The lowest BCUT2D eigenvalue weighted by atomic mass is 10.1. The van der Waals surface area contributed by atoms with E-state index in [0.717, 1.165) is 25.9 Å². The lowest BCUT2D eigenvalue weighted by molar-refractivity contribution is 1.66. The van der Waals surface area contributed by atoms with Crippen molar-refractivity contribution >= 4 is 32.2 Å². The minimum absolute atomic E-state index is 0.0911. The topological polar surface area (TPSA) is 17.1 Å². The number of hydrogen-bond donors (Lipinski definition) is 0. The first kappa shape index (κ1) is 12.3. The fourth-order valence-corrected chi connectivity index (χ4v) is 3.84. The lowest BCUT2D eigenvalue weighted by Gasteiger charge is -2.05. The predicted octanol–water partition coefficient (Wildman–Crippen LogP) is 5.08. The Morgan fingerprint density at radius 3 is 2.33 bits per heavy atom. The van der Waals surface area contributed by atoms with Gasteiger partial charge in [0.05, 0.1) is 0 Å². The van der Waals surface area contributed by atoms with Crippen LogP contribution in [0.15, 0.2) is 77.6 Å². The Balaban J connectivity index is 2.13. The maximum absolute atomic E-state index is 12.4. The van der Waals surface area contributed by atoms with Gasteiger partial charge >= 0.3 is 0 Å². The molecule has 0 amide bonds. The molecule has 0 aliphatic carbocycles. The summed E-state index contributed by atoms with van der Waals surface area (Å²) in [4.78, 5) is 13.4. The van der Waals surface area contributed by atoms with Gasteiger partial charge in [-0.2, -0.15) is 0 Å². The Morgan fingerprint density at radius 1 is 0.714 bits per heavy atom. The van der Waals surface area contributed by atoms with Gasteiger partial charge in [-0.25, -0.2) is 0 Å². The molecule has 0 bridgehead atoms. The first-order valence-electron chi connectivity index (χ1n) is 6.84. The number of rotatable bonds is 1. The third-order valence-electron chi connectivity index (χ3n) is 3.68. The van der Waals surface area contributed by atoms with E-state index in [1.54, 1.807) is 17.4 Å². The van der Waals surface area contributed by atoms with Crippen LogP contribution in [0.1, 0.15) is 0 Å². The first-order valence-corrected chi connectivity index (χ1v) is 7.65. The van der Waals surface area contributed by atoms with Crippen LogP contribution in [0, 0.1) is 0 Å². The van der Waals surface area contributed by atoms with Crippen molar-refractivity contribution in [3.05, 3.63) is 83.0 Å². The van der Waals surface area contributed by atoms with Crippen molar-refractivity contribution in [2.45, 2.75) is 0 Å². The molecule has 4 rings (SSSR count). The van der Waals surface area contributed by atoms with E-state index in [-0.39, 0.29) is 5.43 Å². The highest BCUT2D eigenvalue weighted by molar-refractivity contribution is 7.22. The lowest BCUT2D eigenvalue weighted by Crippen LogP contribution is -1.99. The molecule has 0 spiro atoms. The summed E-state index contributed by atoms with van der Waals surface area (Å²) < 4.78 is 1.07. The van der Waals surface area contributed by atoms with Crippen molar-refractivity contribution in [3.8, 4) is 10.4 Å². The molecule has 0 N–H and O–H groups in total. The molecule has 0 saturated heterocycles. The zero-order valence-electron chi connectivity index (χ0n) is 11.2. The summed E-state index contributed by atoms with van der Waals surface area (Å²) >= 11 is 1.68. The Morgan fingerprint density at radius 2 is 1.48 bits per heavy atom. The minimum Gasteiger partial charge on any atom is -0.289 e. The van der Waals surface area contributed by atoms with E-state index >= 15 is 0 Å². The van der Waals surface area contributed by atoms with E-state index in [9.17, 15) is 4.79 Å². The average molecular weight is 288 g/mol. The van der Waals surface area contributed by atoms with Crippen LogP contribution in [-0.2, 0) is 0 Å². The third-order valence-corrected chi connectivity index (χ3v) is 4.89. The summed E-state index contributed by atoms with van der Waals surface area (Å²) in [5, 5.41) is 3.12. The number of benzene rings is 3. The monoisotopic (exact) mass is 288 g/mol. The maximum atomic E-state index is 12.4. The second-order valence-electron chi connectivity index (χ2n) is 5.00. The van der Waals surface area contributed by atoms with Crippen LogP contribution in [0.2, 0.25) is 0 Å². The molecule has 0 aliphatic heterocycles. The smallest absolute Gasteiger partial charge is 0.188 e. The highest BCUT2D eigenvalue weighted by Gasteiger charge is 2.07. The molecule has 2 heteroatoms. The largest absolute Gasteiger partial charge is 0.289 e. The van der Waals surface area contributed by atoms with Gasteiger partial charge in [-0.15, -0.1) is 11.3 Å². The zero-order chi connectivity index (χ0) is 14.2. The maximum Gasteiger partial charge on any atom is 0.188 e. The van der Waals surface area contributed by atoms with E-state index in [4.69, 9.17) is 0 Å². The first-order chi connectivity index (χ1) is 10.3. The van der Waals surface area contributed by atoms with Crippen LogP contribution >= 0.6 is 11.3 Å². The van der Waals surface area contributed by atoms with Crippen LogP contribution in [0.25, 0.3) is 31.3 Å². The van der Waals surface area contributed by atoms with Gasteiger partial charge in [-0.3, -0.25) is 4.79 Å². The fourth-order valence-electron chi connectivity index (χ4n) is 2.63. The highest BCUT2D eigenvalue weighted by atomic mass is 32.1. The van der Waals surface area contributed by atoms with Crippen molar-refractivity contribution < 1.29 is 0 Å². The van der Waals surface area contributed by atoms with Gasteiger partial charge in [0.1, 0.15) is 0 Å². The summed E-state index contributed by atoms with van der Waals surface area (Å²) in [6.07, 6.45) is 0. The van der Waals surface area contributed by atoms with Gasteiger partial charge in [-0.05, 0) is 22.4 Å².